The highest BCUT2D eigenvalue weighted by Gasteiger charge is 2.24. The summed E-state index contributed by atoms with van der Waals surface area (Å²) in [5.41, 5.74) is 0. The molecule has 4 atom stereocenters. The lowest BCUT2D eigenvalue weighted by molar-refractivity contribution is -0.164. The number of esters is 3. The topological polar surface area (TPSA) is 222 Å². The van der Waals surface area contributed by atoms with Crippen molar-refractivity contribution in [2.24, 2.45) is 0 Å². The average Bonchev–Trinajstić information content (AvgIpc) is 2.81. The number of hydrogen-bond acceptors (Lipinski definition) is 12. The highest BCUT2D eigenvalue weighted by molar-refractivity contribution is 5.95. The largest absolute Gasteiger partial charge is 0.452 e. The van der Waals surface area contributed by atoms with E-state index in [1.807, 2.05) is 0 Å². The van der Waals surface area contributed by atoms with Gasteiger partial charge in [0.1, 0.15) is 24.7 Å². The zero-order valence-corrected chi connectivity index (χ0v) is 22.0. The summed E-state index contributed by atoms with van der Waals surface area (Å²) < 4.78 is 19.2. The zero-order chi connectivity index (χ0) is 29.4. The van der Waals surface area contributed by atoms with E-state index in [0.29, 0.717) is 0 Å². The van der Waals surface area contributed by atoms with Gasteiger partial charge in [-0.05, 0) is 34.6 Å². The highest BCUT2D eigenvalue weighted by Crippen LogP contribution is 2.01. The first-order valence-corrected chi connectivity index (χ1v) is 11.4. The Labute approximate surface area is 263 Å². The maximum Gasteiger partial charge on any atom is 0.317 e. The summed E-state index contributed by atoms with van der Waals surface area (Å²) >= 11 is 0. The molecule has 4 N–H and O–H groups in total. The van der Waals surface area contributed by atoms with Gasteiger partial charge in [0.05, 0.1) is 13.3 Å². The van der Waals surface area contributed by atoms with Crippen LogP contribution in [-0.4, -0.2) is 92.2 Å². The van der Waals surface area contributed by atoms with E-state index < -0.39 is 91.2 Å². The van der Waals surface area contributed by atoms with E-state index in [2.05, 4.69) is 21.3 Å². The van der Waals surface area contributed by atoms with E-state index in [0.717, 1.165) is 0 Å². The molecular formula is C28H58N4O12. The predicted octanol–water partition coefficient (Wildman–Crippen LogP) is 1.38. The van der Waals surface area contributed by atoms with Crippen molar-refractivity contribution in [2.75, 3.05) is 20.4 Å². The van der Waals surface area contributed by atoms with Crippen LogP contribution in [0.15, 0.2) is 0 Å². The summed E-state index contributed by atoms with van der Waals surface area (Å²) in [5.74, 6) is -6.28. The van der Waals surface area contributed by atoms with Crippen LogP contribution in [0.1, 0.15) is 92.0 Å². The molecule has 0 radical (unpaired) electrons. The molecular weight excluding hydrogens is 584 g/mol. The van der Waals surface area contributed by atoms with Gasteiger partial charge in [-0.3, -0.25) is 38.4 Å². The summed E-state index contributed by atoms with van der Waals surface area (Å²) in [7, 11) is 1.34. The Morgan fingerprint density at radius 3 is 0.977 bits per heavy atom. The number of carbonyl (C=O) groups is 8. The van der Waals surface area contributed by atoms with E-state index in [1.165, 1.54) is 41.7 Å². The SMILES string of the molecule is C.C.C.C.C.C.COC(C)C(=O)NCNC(=O)C(C)OC(=O)CC(=O)OC(C)C(=O)NCNC(=O)C(C)OC(=O)CC(C)=O. The molecule has 0 saturated heterocycles. The third-order valence-electron chi connectivity index (χ3n) is 4.49. The number of carbonyl (C=O) groups excluding carboxylic acids is 8. The molecule has 0 spiro atoms. The Balaban J connectivity index is -0.000000456. The second kappa shape index (κ2) is 29.0. The standard InChI is InChI=1S/C22H34N4O12.6CH4/c1-11(27)7-16(28)36-13(3)20(32)25-10-26-22(34)15(5)38-18(30)8-17(29)37-14(4)21(33)24-9-23-19(31)12(2)35-6;;;;;;/h12-15H,7-10H2,1-6H3,(H,23,31)(H,24,33)(H,25,32)(H,26,34);6*1H4. The Morgan fingerprint density at radius 1 is 0.477 bits per heavy atom. The van der Waals surface area contributed by atoms with Crippen molar-refractivity contribution >= 4 is 47.3 Å². The van der Waals surface area contributed by atoms with Gasteiger partial charge in [0, 0.05) is 7.11 Å². The minimum absolute atomic E-state index is 0. The average molecular weight is 643 g/mol. The van der Waals surface area contributed by atoms with Crippen LogP contribution in [0, 0.1) is 0 Å². The van der Waals surface area contributed by atoms with E-state index in [-0.39, 0.29) is 51.2 Å². The lowest BCUT2D eigenvalue weighted by atomic mass is 10.3. The van der Waals surface area contributed by atoms with Crippen LogP contribution in [0.3, 0.4) is 0 Å². The molecule has 16 nitrogen and oxygen atoms in total. The van der Waals surface area contributed by atoms with Crippen molar-refractivity contribution in [1.82, 2.24) is 21.3 Å². The molecule has 0 aromatic heterocycles. The number of rotatable bonds is 16. The number of amides is 4. The van der Waals surface area contributed by atoms with Gasteiger partial charge in [0.15, 0.2) is 18.3 Å². The summed E-state index contributed by atoms with van der Waals surface area (Å²) in [6, 6.07) is 0. The van der Waals surface area contributed by atoms with Gasteiger partial charge in [-0.2, -0.15) is 0 Å². The number of hydrogen-bond donors (Lipinski definition) is 4. The first-order valence-electron chi connectivity index (χ1n) is 11.4. The van der Waals surface area contributed by atoms with Crippen LogP contribution in [0.25, 0.3) is 0 Å². The molecule has 4 amide bonds. The zero-order valence-electron chi connectivity index (χ0n) is 22.0. The normalized spacial score (nSPS) is 11.6. The molecule has 0 heterocycles. The molecule has 0 aliphatic rings. The number of ether oxygens (including phenoxy) is 4. The fraction of sp³-hybridized carbons (Fsp3) is 0.714. The van der Waals surface area contributed by atoms with Crippen LogP contribution in [-0.2, 0) is 57.3 Å². The third kappa shape index (κ3) is 24.5. The molecule has 4 unspecified atom stereocenters. The molecule has 16 heteroatoms. The smallest absolute Gasteiger partial charge is 0.317 e. The minimum Gasteiger partial charge on any atom is -0.452 e. The highest BCUT2D eigenvalue weighted by atomic mass is 16.6. The first-order chi connectivity index (χ1) is 17.7. The fourth-order valence-corrected chi connectivity index (χ4v) is 2.32. The van der Waals surface area contributed by atoms with Crippen molar-refractivity contribution in [2.45, 2.75) is 116 Å². The number of nitrogens with one attached hydrogen (secondary N) is 4. The lowest BCUT2D eigenvalue weighted by Gasteiger charge is -2.16. The van der Waals surface area contributed by atoms with E-state index in [1.54, 1.807) is 0 Å². The Morgan fingerprint density at radius 2 is 0.727 bits per heavy atom. The van der Waals surface area contributed by atoms with Crippen LogP contribution in [0.5, 0.6) is 0 Å². The molecule has 0 fully saturated rings. The van der Waals surface area contributed by atoms with Gasteiger partial charge in [0.25, 0.3) is 17.7 Å². The van der Waals surface area contributed by atoms with Crippen LogP contribution < -0.4 is 21.3 Å². The van der Waals surface area contributed by atoms with Crippen LogP contribution >= 0.6 is 0 Å². The van der Waals surface area contributed by atoms with E-state index >= 15 is 0 Å². The monoisotopic (exact) mass is 642 g/mol. The molecule has 0 rings (SSSR count). The van der Waals surface area contributed by atoms with Crippen molar-refractivity contribution < 1.29 is 57.3 Å². The van der Waals surface area contributed by atoms with E-state index in [4.69, 9.17) is 18.9 Å². The molecule has 0 aromatic carbocycles. The Kier molecular flexibility index (Phi) is 36.8. The Hall–Kier alpha value is -4.08. The van der Waals surface area contributed by atoms with E-state index in [9.17, 15) is 38.4 Å². The fourth-order valence-electron chi connectivity index (χ4n) is 2.32. The molecule has 0 bridgehead atoms. The first kappa shape index (κ1) is 55.8. The van der Waals surface area contributed by atoms with Crippen molar-refractivity contribution in [3.8, 4) is 0 Å². The van der Waals surface area contributed by atoms with Crippen molar-refractivity contribution in [1.29, 1.82) is 0 Å². The van der Waals surface area contributed by atoms with Gasteiger partial charge in [-0.15, -0.1) is 0 Å². The molecule has 0 aromatic rings. The summed E-state index contributed by atoms with van der Waals surface area (Å²) in [6.45, 7) is 5.78. The molecule has 0 aliphatic heterocycles. The second-order valence-electron chi connectivity index (χ2n) is 7.85. The van der Waals surface area contributed by atoms with Crippen LogP contribution in [0.4, 0.5) is 0 Å². The molecule has 0 aliphatic carbocycles. The molecule has 262 valence electrons. The molecule has 44 heavy (non-hydrogen) atoms. The minimum atomic E-state index is -1.35. The van der Waals surface area contributed by atoms with Crippen LogP contribution in [0.2, 0.25) is 0 Å². The summed E-state index contributed by atoms with van der Waals surface area (Å²) in [4.78, 5) is 93.4. The maximum atomic E-state index is 12.0. The molecule has 0 saturated carbocycles. The Bertz CT molecular complexity index is 911. The quantitative estimate of drug-likeness (QED) is 0.0812. The lowest BCUT2D eigenvalue weighted by Crippen LogP contribution is -2.45. The van der Waals surface area contributed by atoms with Gasteiger partial charge in [0.2, 0.25) is 5.91 Å². The third-order valence-corrected chi connectivity index (χ3v) is 4.49. The number of ketones is 1. The predicted molar refractivity (Wildman–Crippen MR) is 166 cm³/mol. The van der Waals surface area contributed by atoms with Crippen molar-refractivity contribution in [3.05, 3.63) is 0 Å². The number of methoxy groups -OCH3 is 1. The van der Waals surface area contributed by atoms with Gasteiger partial charge < -0.3 is 40.2 Å². The summed E-state index contributed by atoms with van der Waals surface area (Å²) in [6.07, 6.45) is -5.96. The van der Waals surface area contributed by atoms with Gasteiger partial charge in [-0.25, -0.2) is 0 Å². The van der Waals surface area contributed by atoms with Gasteiger partial charge in [-0.1, -0.05) is 44.6 Å². The summed E-state index contributed by atoms with van der Waals surface area (Å²) in [5, 5.41) is 9.19. The second-order valence-corrected chi connectivity index (χ2v) is 7.85. The van der Waals surface area contributed by atoms with Crippen molar-refractivity contribution in [3.63, 3.8) is 0 Å². The maximum absolute atomic E-state index is 12.0. The van der Waals surface area contributed by atoms with Gasteiger partial charge >= 0.3 is 17.9 Å². The number of Topliss-reactive ketones (excluding diaryl/α,β-unsaturated/α-hetero) is 1.